The second kappa shape index (κ2) is 5.82. The van der Waals surface area contributed by atoms with Crippen LogP contribution in [-0.4, -0.2) is 53.6 Å². The molecule has 17 heavy (non-hydrogen) atoms. The molecule has 0 bridgehead atoms. The standard InChI is InChI=1S/C12H16BrNO3/c13-9-1-3-11(4-2-9)17-12-5-14(6-12)10(7-15)8-16/h1-4,10,12,15-16H,5-8H2. The zero-order chi connectivity index (χ0) is 12.3. The molecule has 0 atom stereocenters. The Morgan fingerprint density at radius 1 is 1.24 bits per heavy atom. The fraction of sp³-hybridized carbons (Fsp3) is 0.500. The maximum atomic E-state index is 9.02. The summed E-state index contributed by atoms with van der Waals surface area (Å²) in [6, 6.07) is 7.57. The highest BCUT2D eigenvalue weighted by molar-refractivity contribution is 9.10. The van der Waals surface area contributed by atoms with E-state index in [1.54, 1.807) is 0 Å². The minimum absolute atomic E-state index is 0.0124. The molecule has 2 N–H and O–H groups in total. The van der Waals surface area contributed by atoms with Crippen LogP contribution in [0.4, 0.5) is 0 Å². The van der Waals surface area contributed by atoms with Gasteiger partial charge in [-0.1, -0.05) is 15.9 Å². The molecular weight excluding hydrogens is 286 g/mol. The van der Waals surface area contributed by atoms with Gasteiger partial charge in [0.05, 0.1) is 19.3 Å². The zero-order valence-electron chi connectivity index (χ0n) is 9.42. The molecule has 1 aliphatic rings. The molecule has 0 unspecified atom stereocenters. The van der Waals surface area contributed by atoms with Gasteiger partial charge in [-0.25, -0.2) is 0 Å². The van der Waals surface area contributed by atoms with E-state index in [0.717, 1.165) is 23.3 Å². The molecule has 1 fully saturated rings. The number of benzene rings is 1. The van der Waals surface area contributed by atoms with E-state index >= 15 is 0 Å². The third-order valence-corrected chi connectivity index (χ3v) is 3.46. The normalized spacial score (nSPS) is 17.2. The molecule has 0 saturated carbocycles. The van der Waals surface area contributed by atoms with E-state index in [2.05, 4.69) is 15.9 Å². The van der Waals surface area contributed by atoms with Gasteiger partial charge in [0.25, 0.3) is 0 Å². The van der Waals surface area contributed by atoms with E-state index in [9.17, 15) is 0 Å². The summed E-state index contributed by atoms with van der Waals surface area (Å²) in [5.74, 6) is 0.849. The lowest BCUT2D eigenvalue weighted by molar-refractivity contribution is -0.0396. The molecule has 1 aliphatic heterocycles. The van der Waals surface area contributed by atoms with E-state index in [1.165, 1.54) is 0 Å². The minimum atomic E-state index is -0.153. The Labute approximate surface area is 109 Å². The molecule has 94 valence electrons. The van der Waals surface area contributed by atoms with Gasteiger partial charge >= 0.3 is 0 Å². The lowest BCUT2D eigenvalue weighted by Gasteiger charge is -2.42. The molecule has 1 heterocycles. The predicted octanol–water partition coefficient (Wildman–Crippen LogP) is 0.865. The van der Waals surface area contributed by atoms with E-state index in [-0.39, 0.29) is 25.4 Å². The van der Waals surface area contributed by atoms with Crippen molar-refractivity contribution >= 4 is 15.9 Å². The van der Waals surface area contributed by atoms with Crippen molar-refractivity contribution in [3.8, 4) is 5.75 Å². The van der Waals surface area contributed by atoms with Gasteiger partial charge in [-0.05, 0) is 24.3 Å². The Morgan fingerprint density at radius 2 is 1.82 bits per heavy atom. The first-order valence-electron chi connectivity index (χ1n) is 5.61. The maximum absolute atomic E-state index is 9.02. The number of ether oxygens (including phenoxy) is 1. The molecular formula is C12H16BrNO3. The fourth-order valence-corrected chi connectivity index (χ4v) is 2.10. The van der Waals surface area contributed by atoms with Crippen molar-refractivity contribution in [3.05, 3.63) is 28.7 Å². The fourth-order valence-electron chi connectivity index (χ4n) is 1.84. The Bertz CT molecular complexity index is 347. The summed E-state index contributed by atoms with van der Waals surface area (Å²) < 4.78 is 6.78. The molecule has 0 aromatic heterocycles. The summed E-state index contributed by atoms with van der Waals surface area (Å²) in [4.78, 5) is 2.02. The zero-order valence-corrected chi connectivity index (χ0v) is 11.0. The minimum Gasteiger partial charge on any atom is -0.488 e. The first-order chi connectivity index (χ1) is 8.22. The quantitative estimate of drug-likeness (QED) is 0.847. The van der Waals surface area contributed by atoms with Crippen molar-refractivity contribution in [2.75, 3.05) is 26.3 Å². The predicted molar refractivity (Wildman–Crippen MR) is 68.1 cm³/mol. The molecule has 1 aromatic carbocycles. The molecule has 0 radical (unpaired) electrons. The number of rotatable bonds is 5. The second-order valence-electron chi connectivity index (χ2n) is 4.17. The summed E-state index contributed by atoms with van der Waals surface area (Å²) in [5.41, 5.74) is 0. The van der Waals surface area contributed by atoms with Gasteiger partial charge in [0.2, 0.25) is 0 Å². The van der Waals surface area contributed by atoms with E-state index < -0.39 is 0 Å². The highest BCUT2D eigenvalue weighted by atomic mass is 79.9. The van der Waals surface area contributed by atoms with Gasteiger partial charge in [0, 0.05) is 17.6 Å². The first kappa shape index (κ1) is 12.8. The Morgan fingerprint density at radius 3 is 2.35 bits per heavy atom. The van der Waals surface area contributed by atoms with E-state index in [0.29, 0.717) is 0 Å². The number of nitrogens with zero attached hydrogens (tertiary/aromatic N) is 1. The summed E-state index contributed by atoms with van der Waals surface area (Å²) in [5, 5.41) is 18.0. The molecule has 0 aliphatic carbocycles. The van der Waals surface area contributed by atoms with Crippen LogP contribution in [-0.2, 0) is 0 Å². The molecule has 0 amide bonds. The molecule has 1 saturated heterocycles. The van der Waals surface area contributed by atoms with Crippen LogP contribution in [0.1, 0.15) is 0 Å². The number of likely N-dealkylation sites (tertiary alicyclic amines) is 1. The largest absolute Gasteiger partial charge is 0.488 e. The van der Waals surface area contributed by atoms with E-state index in [4.69, 9.17) is 14.9 Å². The maximum Gasteiger partial charge on any atom is 0.124 e. The van der Waals surface area contributed by atoms with Crippen LogP contribution < -0.4 is 4.74 Å². The van der Waals surface area contributed by atoms with Crippen LogP contribution in [0.3, 0.4) is 0 Å². The van der Waals surface area contributed by atoms with Crippen LogP contribution >= 0.6 is 15.9 Å². The third kappa shape index (κ3) is 3.19. The Hall–Kier alpha value is -0.620. The average Bonchev–Trinajstić information content (AvgIpc) is 2.29. The average molecular weight is 302 g/mol. The lowest BCUT2D eigenvalue weighted by atomic mass is 10.1. The Balaban J connectivity index is 1.79. The first-order valence-corrected chi connectivity index (χ1v) is 6.40. The number of halogens is 1. The van der Waals surface area contributed by atoms with Gasteiger partial charge in [-0.3, -0.25) is 4.90 Å². The number of aliphatic hydroxyl groups is 2. The van der Waals surface area contributed by atoms with Gasteiger partial charge in [0.15, 0.2) is 0 Å². The molecule has 4 nitrogen and oxygen atoms in total. The summed E-state index contributed by atoms with van der Waals surface area (Å²) in [7, 11) is 0. The molecule has 5 heteroatoms. The Kier molecular flexibility index (Phi) is 4.39. The third-order valence-electron chi connectivity index (χ3n) is 2.93. The molecule has 2 rings (SSSR count). The molecule has 1 aromatic rings. The van der Waals surface area contributed by atoms with Crippen LogP contribution in [0.2, 0.25) is 0 Å². The van der Waals surface area contributed by atoms with Gasteiger partial charge in [0.1, 0.15) is 11.9 Å². The van der Waals surface area contributed by atoms with Crippen LogP contribution in [0.5, 0.6) is 5.75 Å². The lowest BCUT2D eigenvalue weighted by Crippen LogP contribution is -2.59. The van der Waals surface area contributed by atoms with Gasteiger partial charge in [-0.2, -0.15) is 0 Å². The number of hydrogen-bond acceptors (Lipinski definition) is 4. The van der Waals surface area contributed by atoms with Gasteiger partial charge < -0.3 is 14.9 Å². The summed E-state index contributed by atoms with van der Waals surface area (Å²) in [6.07, 6.45) is 0.150. The summed E-state index contributed by atoms with van der Waals surface area (Å²) >= 11 is 3.37. The van der Waals surface area contributed by atoms with Crippen LogP contribution in [0.15, 0.2) is 28.7 Å². The van der Waals surface area contributed by atoms with Crippen molar-refractivity contribution in [2.24, 2.45) is 0 Å². The highest BCUT2D eigenvalue weighted by Crippen LogP contribution is 2.21. The van der Waals surface area contributed by atoms with Crippen molar-refractivity contribution in [1.82, 2.24) is 4.90 Å². The van der Waals surface area contributed by atoms with Crippen molar-refractivity contribution < 1.29 is 14.9 Å². The van der Waals surface area contributed by atoms with Gasteiger partial charge in [-0.15, -0.1) is 0 Å². The van der Waals surface area contributed by atoms with Crippen LogP contribution in [0, 0.1) is 0 Å². The van der Waals surface area contributed by atoms with Crippen molar-refractivity contribution in [1.29, 1.82) is 0 Å². The smallest absolute Gasteiger partial charge is 0.124 e. The monoisotopic (exact) mass is 301 g/mol. The van der Waals surface area contributed by atoms with Crippen LogP contribution in [0.25, 0.3) is 0 Å². The van der Waals surface area contributed by atoms with Crippen molar-refractivity contribution in [2.45, 2.75) is 12.1 Å². The van der Waals surface area contributed by atoms with E-state index in [1.807, 2.05) is 29.2 Å². The number of aliphatic hydroxyl groups excluding tert-OH is 2. The molecule has 0 spiro atoms. The topological polar surface area (TPSA) is 52.9 Å². The van der Waals surface area contributed by atoms with Crippen molar-refractivity contribution in [3.63, 3.8) is 0 Å². The second-order valence-corrected chi connectivity index (χ2v) is 5.08. The number of hydrogen-bond donors (Lipinski definition) is 2. The SMILES string of the molecule is OCC(CO)N1CC(Oc2ccc(Br)cc2)C1. The summed E-state index contributed by atoms with van der Waals surface area (Å²) in [6.45, 7) is 1.48. The highest BCUT2D eigenvalue weighted by Gasteiger charge is 2.33.